The van der Waals surface area contributed by atoms with Crippen LogP contribution in [0.15, 0.2) is 80.5 Å². The van der Waals surface area contributed by atoms with Gasteiger partial charge in [-0.3, -0.25) is 29.2 Å². The number of anilines is 2. The first-order valence-electron chi connectivity index (χ1n) is 23.2. The molecule has 2 aromatic rings. The number of ketones is 2. The second-order valence-electron chi connectivity index (χ2n) is 22.3. The van der Waals surface area contributed by atoms with Crippen LogP contribution in [-0.2, 0) is 48.9 Å². The topological polar surface area (TPSA) is 205 Å². The van der Waals surface area contributed by atoms with Gasteiger partial charge in [-0.25, -0.2) is 29.6 Å². The third-order valence-electron chi connectivity index (χ3n) is 15.3. The van der Waals surface area contributed by atoms with Crippen LogP contribution in [0.25, 0.3) is 0 Å². The van der Waals surface area contributed by atoms with Crippen molar-refractivity contribution in [1.82, 2.24) is 9.80 Å². The molecule has 8 aliphatic rings. The molecule has 2 aromatic carbocycles. The smallest absolute Gasteiger partial charge is 0.239 e. The number of rotatable bonds is 9. The molecule has 15 nitrogen and oxygen atoms in total. The standard InChI is InChI=1S/C49H57N5O10S3/c1-48(2,3)16-18-52-42-28-10-8-26(20-28)38(42)44(55)40(46(52)57)34-24-66(61,62)36-22-30(12-14-32(36)50-34)54(65(7,59)60)31-13-15-33-37(23-31)67(63,64)25-35(51-33)41-45(56)39-27-9-11-29(21-27)43(39)53(47(41)58)19-17-49(4,5)6/h8-15,22-23,26-29,38-43H,16-21,24-25H2,1-7H3. The fourth-order valence-corrected chi connectivity index (χ4v) is 16.2. The number of allylic oxidation sites excluding steroid dienone is 2. The number of Topliss-reactive ketones (excluding diaryl/α,β-unsaturated/α-hetero) is 2. The van der Waals surface area contributed by atoms with Crippen molar-refractivity contribution in [1.29, 1.82) is 0 Å². The van der Waals surface area contributed by atoms with Crippen molar-refractivity contribution in [3.05, 3.63) is 60.7 Å². The number of carbonyl (C=O) groups excluding carboxylic acids is 4. The Balaban J connectivity index is 0.973. The average molecular weight is 972 g/mol. The highest BCUT2D eigenvalue weighted by Crippen LogP contribution is 2.53. The van der Waals surface area contributed by atoms with Crippen LogP contribution in [0.2, 0.25) is 0 Å². The summed E-state index contributed by atoms with van der Waals surface area (Å²) >= 11 is 0. The summed E-state index contributed by atoms with van der Waals surface area (Å²) in [5.74, 6) is -6.67. The van der Waals surface area contributed by atoms with Gasteiger partial charge in [0.2, 0.25) is 21.8 Å². The number of hydrogen-bond acceptors (Lipinski definition) is 12. The second kappa shape index (κ2) is 15.3. The molecular weight excluding hydrogens is 915 g/mol. The van der Waals surface area contributed by atoms with Crippen LogP contribution < -0.4 is 4.31 Å². The van der Waals surface area contributed by atoms with E-state index >= 15 is 0 Å². The number of fused-ring (bicyclic) bond motifs is 12. The van der Waals surface area contributed by atoms with Gasteiger partial charge in [0.05, 0.1) is 61.7 Å². The molecular formula is C49H57N5O10S3. The molecule has 10 atom stereocenters. The van der Waals surface area contributed by atoms with Gasteiger partial charge in [0.1, 0.15) is 11.8 Å². The van der Waals surface area contributed by atoms with E-state index in [0.717, 1.165) is 35.5 Å². The summed E-state index contributed by atoms with van der Waals surface area (Å²) in [6.07, 6.45) is 12.0. The molecule has 0 radical (unpaired) electrons. The van der Waals surface area contributed by atoms with Gasteiger partial charge in [-0.2, -0.15) is 0 Å². The fraction of sp³-hybridized carbons (Fsp3) is 0.551. The Labute approximate surface area is 392 Å². The van der Waals surface area contributed by atoms with Crippen LogP contribution in [0.4, 0.5) is 22.7 Å². The molecule has 0 aromatic heterocycles. The summed E-state index contributed by atoms with van der Waals surface area (Å²) in [4.78, 5) is 69.5. The van der Waals surface area contributed by atoms with Crippen LogP contribution in [0.3, 0.4) is 0 Å². The van der Waals surface area contributed by atoms with E-state index in [1.54, 1.807) is 9.80 Å². The van der Waals surface area contributed by atoms with Crippen molar-refractivity contribution in [2.45, 2.75) is 89.1 Å². The highest BCUT2D eigenvalue weighted by Gasteiger charge is 2.61. The Bertz CT molecular complexity index is 2850. The molecule has 2 amide bonds. The maximum Gasteiger partial charge on any atom is 0.239 e. The van der Waals surface area contributed by atoms with Crippen molar-refractivity contribution in [2.75, 3.05) is 35.2 Å². The quantitative estimate of drug-likeness (QED) is 0.218. The van der Waals surface area contributed by atoms with Gasteiger partial charge in [0.15, 0.2) is 31.2 Å². The third kappa shape index (κ3) is 7.67. The largest absolute Gasteiger partial charge is 0.337 e. The minimum atomic E-state index is -4.30. The normalized spacial score (nSPS) is 32.2. The van der Waals surface area contributed by atoms with Crippen LogP contribution in [0.5, 0.6) is 0 Å². The minimum Gasteiger partial charge on any atom is -0.337 e. The molecule has 4 heterocycles. The summed E-state index contributed by atoms with van der Waals surface area (Å²) in [6.45, 7) is 13.3. The van der Waals surface area contributed by atoms with Crippen LogP contribution in [0.1, 0.15) is 67.2 Å². The lowest BCUT2D eigenvalue weighted by Crippen LogP contribution is -2.61. The van der Waals surface area contributed by atoms with Gasteiger partial charge in [0.25, 0.3) is 0 Å². The molecule has 0 spiro atoms. The number of aliphatic imine (C=N–C) groups is 2. The van der Waals surface area contributed by atoms with E-state index in [4.69, 9.17) is 0 Å². The molecule has 4 fully saturated rings. The number of benzene rings is 2. The zero-order valence-corrected chi connectivity index (χ0v) is 41.2. The van der Waals surface area contributed by atoms with Gasteiger partial charge in [-0.05, 0) is 96.6 Å². The van der Waals surface area contributed by atoms with E-state index in [1.807, 2.05) is 12.2 Å². The summed E-state index contributed by atoms with van der Waals surface area (Å²) in [5, 5.41) is 0. The number of hydrogen-bond donors (Lipinski definition) is 0. The van der Waals surface area contributed by atoms with Crippen LogP contribution in [-0.4, -0.2) is 113 Å². The number of nitrogens with zero attached hydrogens (tertiary/aromatic N) is 5. The van der Waals surface area contributed by atoms with Crippen molar-refractivity contribution in [3.63, 3.8) is 0 Å². The molecule has 18 heteroatoms. The fourth-order valence-electron chi connectivity index (χ4n) is 12.2. The maximum atomic E-state index is 14.4. The summed E-state index contributed by atoms with van der Waals surface area (Å²) in [6, 6.07) is 7.05. The Hall–Kier alpha value is -4.81. The molecule has 356 valence electrons. The summed E-state index contributed by atoms with van der Waals surface area (Å²) in [5.41, 5.74) is -0.695. The average Bonchev–Trinajstić information content (AvgIpc) is 4.03. The molecule has 4 aliphatic carbocycles. The Morgan fingerprint density at radius 1 is 0.612 bits per heavy atom. The van der Waals surface area contributed by atoms with Gasteiger partial charge >= 0.3 is 0 Å². The number of amides is 2. The monoisotopic (exact) mass is 971 g/mol. The number of carbonyl (C=O) groups is 4. The lowest BCUT2D eigenvalue weighted by atomic mass is 9.74. The zero-order chi connectivity index (χ0) is 48.1. The van der Waals surface area contributed by atoms with Crippen molar-refractivity contribution < 1.29 is 44.4 Å². The van der Waals surface area contributed by atoms with E-state index in [9.17, 15) is 44.4 Å². The predicted molar refractivity (Wildman–Crippen MR) is 253 cm³/mol. The zero-order valence-electron chi connectivity index (χ0n) is 38.7. The van der Waals surface area contributed by atoms with E-state index in [2.05, 4.69) is 63.7 Å². The summed E-state index contributed by atoms with van der Waals surface area (Å²) < 4.78 is 85.0. The van der Waals surface area contributed by atoms with Crippen LogP contribution >= 0.6 is 0 Å². The van der Waals surface area contributed by atoms with Crippen LogP contribution in [0, 0.1) is 58.2 Å². The minimum absolute atomic E-state index is 0.0486. The van der Waals surface area contributed by atoms with Gasteiger partial charge in [-0.15, -0.1) is 0 Å². The predicted octanol–water partition coefficient (Wildman–Crippen LogP) is 5.81. The van der Waals surface area contributed by atoms with Gasteiger partial charge in [0, 0.05) is 37.0 Å². The highest BCUT2D eigenvalue weighted by molar-refractivity contribution is 7.93. The third-order valence-corrected chi connectivity index (χ3v) is 19.7. The van der Waals surface area contributed by atoms with E-state index in [1.165, 1.54) is 24.3 Å². The van der Waals surface area contributed by atoms with Gasteiger partial charge < -0.3 is 9.80 Å². The molecule has 2 saturated heterocycles. The Morgan fingerprint density at radius 2 is 0.985 bits per heavy atom. The number of piperidine rings is 2. The first-order valence-corrected chi connectivity index (χ1v) is 28.3. The van der Waals surface area contributed by atoms with Crippen molar-refractivity contribution in [2.24, 2.45) is 68.2 Å². The molecule has 67 heavy (non-hydrogen) atoms. The molecule has 2 saturated carbocycles. The maximum absolute atomic E-state index is 14.4. The number of sulfonamides is 1. The molecule has 4 bridgehead atoms. The summed E-state index contributed by atoms with van der Waals surface area (Å²) in [7, 11) is -12.9. The van der Waals surface area contributed by atoms with E-state index in [0.29, 0.717) is 25.9 Å². The van der Waals surface area contributed by atoms with E-state index in [-0.39, 0.29) is 102 Å². The molecule has 10 rings (SSSR count). The lowest BCUT2D eigenvalue weighted by Gasteiger charge is -2.45. The lowest BCUT2D eigenvalue weighted by molar-refractivity contribution is -0.152. The molecule has 4 aliphatic heterocycles. The Morgan fingerprint density at radius 3 is 1.34 bits per heavy atom. The number of sulfone groups is 2. The SMILES string of the molecule is CC(C)(C)CCN1C(=O)C(C2=Nc3ccc(N(c4ccc5c(c4)S(=O)(=O)CC(C4C(=O)C6C7C=CC(C7)C6N(CCC(C)(C)C)C4=O)=N5)S(C)(=O)=O)cc3S(=O)(=O)C2)C(=O)C2C3C=CC(C3)C21. The first-order chi connectivity index (χ1) is 31.2. The molecule has 10 unspecified atom stereocenters. The van der Waals surface area contributed by atoms with Crippen molar-refractivity contribution >= 4 is 87.3 Å². The number of likely N-dealkylation sites (tertiary alicyclic amines) is 2. The highest BCUT2D eigenvalue weighted by atomic mass is 32.2. The van der Waals surface area contributed by atoms with E-state index < -0.39 is 76.7 Å². The Kier molecular flexibility index (Phi) is 10.5. The van der Waals surface area contributed by atoms with Crippen molar-refractivity contribution in [3.8, 4) is 0 Å². The first kappa shape index (κ1) is 45.9. The second-order valence-corrected chi connectivity index (χ2v) is 28.1. The van der Waals surface area contributed by atoms with Gasteiger partial charge in [-0.1, -0.05) is 65.8 Å². The molecule has 0 N–H and O–H groups in total.